The Balaban J connectivity index is 2.56. The molecule has 1 aromatic heterocycles. The molecule has 0 bridgehead atoms. The van der Waals surface area contributed by atoms with Gasteiger partial charge in [0, 0.05) is 23.4 Å². The van der Waals surface area contributed by atoms with Crippen LogP contribution in [0.4, 0.5) is 0 Å². The number of methoxy groups -OCH3 is 1. The van der Waals surface area contributed by atoms with Crippen LogP contribution < -0.4 is 10.5 Å². The molecule has 1 aromatic carbocycles. The molecule has 0 unspecified atom stereocenters. The van der Waals surface area contributed by atoms with Crippen LogP contribution in [0.2, 0.25) is 0 Å². The van der Waals surface area contributed by atoms with E-state index in [0.717, 1.165) is 27.2 Å². The molecule has 0 fully saturated rings. The van der Waals surface area contributed by atoms with Crippen molar-refractivity contribution < 1.29 is 9.15 Å². The Morgan fingerprint density at radius 3 is 2.89 bits per heavy atom. The van der Waals surface area contributed by atoms with E-state index < -0.39 is 0 Å². The van der Waals surface area contributed by atoms with Crippen LogP contribution >= 0.6 is 15.9 Å². The van der Waals surface area contributed by atoms with Gasteiger partial charge in [-0.25, -0.2) is 4.98 Å². The number of hydrogen-bond donors (Lipinski definition) is 1. The summed E-state index contributed by atoms with van der Waals surface area (Å²) in [5.41, 5.74) is 7.30. The third-order valence-corrected chi connectivity index (χ3v) is 3.09. The maximum Gasteiger partial charge on any atom is 0.191 e. The predicted molar refractivity (Wildman–Crippen MR) is 73.7 cm³/mol. The molecule has 0 amide bonds. The summed E-state index contributed by atoms with van der Waals surface area (Å²) in [6.45, 7) is 2.35. The van der Waals surface area contributed by atoms with Crippen molar-refractivity contribution in [3.63, 3.8) is 0 Å². The molecule has 0 aliphatic heterocycles. The molecule has 1 heterocycles. The van der Waals surface area contributed by atoms with Crippen molar-refractivity contribution in [3.8, 4) is 17.0 Å². The molecule has 2 N–H and O–H groups in total. The van der Waals surface area contributed by atoms with E-state index in [4.69, 9.17) is 14.9 Å². The van der Waals surface area contributed by atoms with Crippen LogP contribution in [0.3, 0.4) is 0 Å². The Hall–Kier alpha value is -1.33. The summed E-state index contributed by atoms with van der Waals surface area (Å²) in [5.74, 6) is 2.20. The van der Waals surface area contributed by atoms with Gasteiger partial charge < -0.3 is 14.9 Å². The van der Waals surface area contributed by atoms with E-state index in [1.165, 1.54) is 0 Å². The molecule has 96 valence electrons. The number of oxazole rings is 1. The van der Waals surface area contributed by atoms with Gasteiger partial charge in [-0.1, -0.05) is 15.9 Å². The molecule has 4 nitrogen and oxygen atoms in total. The van der Waals surface area contributed by atoms with E-state index in [-0.39, 0.29) is 0 Å². The van der Waals surface area contributed by atoms with Gasteiger partial charge in [0.05, 0.1) is 7.11 Å². The number of hydrogen-bond acceptors (Lipinski definition) is 4. The fourth-order valence-corrected chi connectivity index (χ4v) is 2.21. The zero-order valence-corrected chi connectivity index (χ0v) is 12.0. The molecule has 0 aliphatic carbocycles. The van der Waals surface area contributed by atoms with Crippen LogP contribution in [0.5, 0.6) is 5.75 Å². The molecule has 0 atom stereocenters. The molecule has 2 aromatic rings. The summed E-state index contributed by atoms with van der Waals surface area (Å²) in [6.07, 6.45) is 0.659. The van der Waals surface area contributed by atoms with Gasteiger partial charge in [-0.2, -0.15) is 0 Å². The lowest BCUT2D eigenvalue weighted by Crippen LogP contribution is -2.03. The molecule has 0 radical (unpaired) electrons. The lowest BCUT2D eigenvalue weighted by atomic mass is 10.1. The Bertz CT molecular complexity index is 552. The fraction of sp³-hybridized carbons (Fsp3) is 0.308. The van der Waals surface area contributed by atoms with Crippen molar-refractivity contribution in [3.05, 3.63) is 34.3 Å². The zero-order chi connectivity index (χ0) is 13.1. The number of aromatic nitrogens is 1. The minimum Gasteiger partial charge on any atom is -0.496 e. The van der Waals surface area contributed by atoms with E-state index in [9.17, 15) is 0 Å². The van der Waals surface area contributed by atoms with E-state index >= 15 is 0 Å². The number of nitrogens with two attached hydrogens (primary N) is 1. The van der Waals surface area contributed by atoms with E-state index in [2.05, 4.69) is 20.9 Å². The summed E-state index contributed by atoms with van der Waals surface area (Å²) in [4.78, 5) is 4.43. The molecular formula is C13H15BrN2O2. The third kappa shape index (κ3) is 2.57. The van der Waals surface area contributed by atoms with Crippen molar-refractivity contribution in [2.24, 2.45) is 5.73 Å². The van der Waals surface area contributed by atoms with Crippen LogP contribution in [0.1, 0.15) is 11.7 Å². The van der Waals surface area contributed by atoms with Crippen LogP contribution in [-0.2, 0) is 6.42 Å². The second-order valence-corrected chi connectivity index (χ2v) is 4.80. The highest BCUT2D eigenvalue weighted by molar-refractivity contribution is 9.10. The summed E-state index contributed by atoms with van der Waals surface area (Å²) in [7, 11) is 1.64. The molecule has 0 saturated carbocycles. The molecule has 18 heavy (non-hydrogen) atoms. The summed E-state index contributed by atoms with van der Waals surface area (Å²) < 4.78 is 11.9. The Kier molecular flexibility index (Phi) is 4.04. The second kappa shape index (κ2) is 5.54. The largest absolute Gasteiger partial charge is 0.496 e. The average Bonchev–Trinajstić information content (AvgIpc) is 2.71. The minimum atomic E-state index is 0.526. The number of halogens is 1. The maximum atomic E-state index is 5.59. The highest BCUT2D eigenvalue weighted by Crippen LogP contribution is 2.34. The van der Waals surface area contributed by atoms with Gasteiger partial charge in [0.25, 0.3) is 0 Å². The smallest absolute Gasteiger partial charge is 0.191 e. The Morgan fingerprint density at radius 2 is 2.22 bits per heavy atom. The summed E-state index contributed by atoms with van der Waals surface area (Å²) >= 11 is 3.45. The number of aryl methyl sites for hydroxylation is 1. The van der Waals surface area contributed by atoms with Crippen molar-refractivity contribution in [1.29, 1.82) is 0 Å². The van der Waals surface area contributed by atoms with Crippen molar-refractivity contribution in [2.75, 3.05) is 13.7 Å². The highest BCUT2D eigenvalue weighted by Gasteiger charge is 2.16. The SMILES string of the molecule is COc1ccc(Br)cc1-c1nc(C)oc1CCN. The monoisotopic (exact) mass is 310 g/mol. The lowest BCUT2D eigenvalue weighted by molar-refractivity contribution is 0.416. The first kappa shape index (κ1) is 13.1. The Morgan fingerprint density at radius 1 is 1.44 bits per heavy atom. The second-order valence-electron chi connectivity index (χ2n) is 3.89. The van der Waals surface area contributed by atoms with E-state index in [1.807, 2.05) is 25.1 Å². The van der Waals surface area contributed by atoms with Gasteiger partial charge in [0.15, 0.2) is 5.89 Å². The quantitative estimate of drug-likeness (QED) is 0.943. The van der Waals surface area contributed by atoms with Crippen molar-refractivity contribution in [2.45, 2.75) is 13.3 Å². The van der Waals surface area contributed by atoms with Crippen molar-refractivity contribution >= 4 is 15.9 Å². The standard InChI is InChI=1S/C13H15BrN2O2/c1-8-16-13(12(18-8)5-6-15)10-7-9(14)3-4-11(10)17-2/h3-4,7H,5-6,15H2,1-2H3. The predicted octanol–water partition coefficient (Wildman–Crippen LogP) is 2.92. The van der Waals surface area contributed by atoms with Crippen LogP contribution in [0, 0.1) is 6.92 Å². The number of nitrogens with zero attached hydrogens (tertiary/aromatic N) is 1. The van der Waals surface area contributed by atoms with E-state index in [0.29, 0.717) is 18.9 Å². The topological polar surface area (TPSA) is 61.3 Å². The first-order chi connectivity index (χ1) is 8.65. The number of benzene rings is 1. The number of rotatable bonds is 4. The van der Waals surface area contributed by atoms with Crippen LogP contribution in [-0.4, -0.2) is 18.6 Å². The van der Waals surface area contributed by atoms with Gasteiger partial charge in [-0.05, 0) is 24.7 Å². The van der Waals surface area contributed by atoms with Crippen LogP contribution in [0.25, 0.3) is 11.3 Å². The molecule has 0 saturated heterocycles. The number of ether oxygens (including phenoxy) is 1. The lowest BCUT2D eigenvalue weighted by Gasteiger charge is -2.07. The van der Waals surface area contributed by atoms with Crippen LogP contribution in [0.15, 0.2) is 27.1 Å². The summed E-state index contributed by atoms with van der Waals surface area (Å²) in [6, 6.07) is 5.80. The first-order valence-corrected chi connectivity index (χ1v) is 6.45. The third-order valence-electron chi connectivity index (χ3n) is 2.59. The fourth-order valence-electron chi connectivity index (χ4n) is 1.85. The Labute approximate surface area is 114 Å². The van der Waals surface area contributed by atoms with Gasteiger partial charge in [-0.3, -0.25) is 0 Å². The first-order valence-electron chi connectivity index (χ1n) is 5.66. The van der Waals surface area contributed by atoms with Gasteiger partial charge in [0.2, 0.25) is 0 Å². The molecule has 0 aliphatic rings. The maximum absolute atomic E-state index is 5.59. The van der Waals surface area contributed by atoms with Gasteiger partial charge in [0.1, 0.15) is 17.2 Å². The molecule has 5 heteroatoms. The zero-order valence-electron chi connectivity index (χ0n) is 10.4. The normalized spacial score (nSPS) is 10.7. The summed E-state index contributed by atoms with van der Waals surface area (Å²) in [5, 5.41) is 0. The average molecular weight is 311 g/mol. The van der Waals surface area contributed by atoms with Gasteiger partial charge >= 0.3 is 0 Å². The van der Waals surface area contributed by atoms with Gasteiger partial charge in [-0.15, -0.1) is 0 Å². The van der Waals surface area contributed by atoms with Crippen molar-refractivity contribution in [1.82, 2.24) is 4.98 Å². The van der Waals surface area contributed by atoms with E-state index in [1.54, 1.807) is 7.11 Å². The molecule has 2 rings (SSSR count). The highest BCUT2D eigenvalue weighted by atomic mass is 79.9. The minimum absolute atomic E-state index is 0.526. The molecule has 0 spiro atoms. The molecular weight excluding hydrogens is 296 g/mol.